The predicted octanol–water partition coefficient (Wildman–Crippen LogP) is 16.8. The van der Waals surface area contributed by atoms with Crippen molar-refractivity contribution in [2.24, 2.45) is 0 Å². The minimum atomic E-state index is 0.577. The van der Waals surface area contributed by atoms with E-state index in [9.17, 15) is 0 Å². The Bertz CT molecular complexity index is 4330. The van der Waals surface area contributed by atoms with E-state index >= 15 is 0 Å². The van der Waals surface area contributed by atoms with E-state index in [1.165, 1.54) is 10.8 Å². The van der Waals surface area contributed by atoms with Gasteiger partial charge in [0.05, 0.1) is 11.0 Å². The molecular weight excluding hydrogens is 845 g/mol. The van der Waals surface area contributed by atoms with Crippen molar-refractivity contribution in [3.63, 3.8) is 0 Å². The van der Waals surface area contributed by atoms with Crippen molar-refractivity contribution in [1.29, 1.82) is 0 Å². The molecule has 6 nitrogen and oxygen atoms in total. The molecule has 14 rings (SSSR count). The second-order valence-corrected chi connectivity index (χ2v) is 17.5. The van der Waals surface area contributed by atoms with E-state index in [1.54, 1.807) is 0 Å². The molecule has 0 saturated carbocycles. The van der Waals surface area contributed by atoms with E-state index in [-0.39, 0.29) is 0 Å². The van der Waals surface area contributed by atoms with Crippen LogP contribution in [0.1, 0.15) is 0 Å². The molecule has 0 saturated heterocycles. The second kappa shape index (κ2) is 15.6. The number of nitrogens with zero attached hydrogens (tertiary/aromatic N) is 4. The summed E-state index contributed by atoms with van der Waals surface area (Å²) < 4.78 is 15.2. The van der Waals surface area contributed by atoms with E-state index in [0.29, 0.717) is 17.5 Å². The van der Waals surface area contributed by atoms with Crippen LogP contribution < -0.4 is 0 Å². The molecule has 6 heteroatoms. The van der Waals surface area contributed by atoms with E-state index < -0.39 is 0 Å². The summed E-state index contributed by atoms with van der Waals surface area (Å²) in [6.07, 6.45) is 0. The maximum absolute atomic E-state index is 6.50. The van der Waals surface area contributed by atoms with Gasteiger partial charge in [-0.1, -0.05) is 176 Å². The zero-order valence-corrected chi connectivity index (χ0v) is 37.0. The number of aromatic nitrogens is 4. The first-order valence-corrected chi connectivity index (χ1v) is 23.2. The van der Waals surface area contributed by atoms with E-state index in [0.717, 1.165) is 111 Å². The third-order valence-electron chi connectivity index (χ3n) is 13.4. The molecule has 69 heavy (non-hydrogen) atoms. The van der Waals surface area contributed by atoms with E-state index in [1.807, 2.05) is 66.7 Å². The predicted molar refractivity (Wildman–Crippen MR) is 281 cm³/mol. The van der Waals surface area contributed by atoms with Crippen molar-refractivity contribution in [1.82, 2.24) is 19.5 Å². The van der Waals surface area contributed by atoms with Gasteiger partial charge in [-0.15, -0.1) is 0 Å². The first-order valence-electron chi connectivity index (χ1n) is 23.2. The van der Waals surface area contributed by atoms with Crippen molar-refractivity contribution in [3.05, 3.63) is 231 Å². The standard InChI is InChI=1S/C63H38N4O2/c1-2-15-39(16-3-1)61-64-62(66-63(65-61)45-33-34-52-50-24-5-8-31-56(50)68-58(52)38-45)44-21-10-17-40(35-44)41-18-12-22-46(37-41)67-55-30-7-4-23-49(55)53-28-13-26-47(59(53)67)42-19-11-20-43(36-42)48-27-14-29-54-51-25-6-9-32-57(51)69-60(48)54/h1-38H. The number of furan rings is 2. The zero-order valence-electron chi connectivity index (χ0n) is 37.0. The molecule has 322 valence electrons. The Hall–Kier alpha value is -9.39. The molecule has 0 radical (unpaired) electrons. The number of hydrogen-bond acceptors (Lipinski definition) is 5. The van der Waals surface area contributed by atoms with Gasteiger partial charge in [-0.2, -0.15) is 0 Å². The quantitative estimate of drug-likeness (QED) is 0.159. The van der Waals surface area contributed by atoms with Crippen LogP contribution in [0, 0.1) is 0 Å². The molecule has 0 fully saturated rings. The molecule has 0 atom stereocenters. The van der Waals surface area contributed by atoms with Crippen LogP contribution in [0.5, 0.6) is 0 Å². The lowest BCUT2D eigenvalue weighted by Crippen LogP contribution is -2.00. The molecule has 4 heterocycles. The molecule has 0 spiro atoms. The van der Waals surface area contributed by atoms with Crippen molar-refractivity contribution in [2.45, 2.75) is 0 Å². The van der Waals surface area contributed by atoms with Crippen LogP contribution in [0.4, 0.5) is 0 Å². The fraction of sp³-hybridized carbons (Fsp3) is 0. The molecule has 0 N–H and O–H groups in total. The van der Waals surface area contributed by atoms with Gasteiger partial charge in [-0.05, 0) is 76.9 Å². The molecule has 4 aromatic heterocycles. The molecule has 10 aromatic carbocycles. The normalized spacial score (nSPS) is 11.8. The smallest absolute Gasteiger partial charge is 0.164 e. The van der Waals surface area contributed by atoms with Gasteiger partial charge >= 0.3 is 0 Å². The summed E-state index contributed by atoms with van der Waals surface area (Å²) in [7, 11) is 0. The Kier molecular flexibility index (Phi) is 8.79. The number of hydrogen-bond donors (Lipinski definition) is 0. The maximum atomic E-state index is 6.50. The number of para-hydroxylation sites is 5. The van der Waals surface area contributed by atoms with E-state index in [2.05, 4.69) is 168 Å². The van der Waals surface area contributed by atoms with Gasteiger partial charge in [0.15, 0.2) is 17.5 Å². The van der Waals surface area contributed by atoms with Crippen LogP contribution >= 0.6 is 0 Å². The summed E-state index contributed by atoms with van der Waals surface area (Å²) in [4.78, 5) is 15.3. The van der Waals surface area contributed by atoms with Crippen LogP contribution in [0.25, 0.3) is 139 Å². The highest BCUT2D eigenvalue weighted by Gasteiger charge is 2.20. The minimum absolute atomic E-state index is 0.577. The monoisotopic (exact) mass is 882 g/mol. The van der Waals surface area contributed by atoms with Gasteiger partial charge in [0, 0.05) is 65.8 Å². The van der Waals surface area contributed by atoms with Gasteiger partial charge in [-0.3, -0.25) is 0 Å². The van der Waals surface area contributed by atoms with Crippen LogP contribution in [-0.4, -0.2) is 19.5 Å². The van der Waals surface area contributed by atoms with Gasteiger partial charge in [0.25, 0.3) is 0 Å². The Morgan fingerprint density at radius 1 is 0.290 bits per heavy atom. The lowest BCUT2D eigenvalue weighted by atomic mass is 9.96. The van der Waals surface area contributed by atoms with Gasteiger partial charge in [0.2, 0.25) is 0 Å². The lowest BCUT2D eigenvalue weighted by Gasteiger charge is -2.14. The summed E-state index contributed by atoms with van der Waals surface area (Å²) in [6, 6.07) is 80.6. The van der Waals surface area contributed by atoms with Crippen LogP contribution in [0.2, 0.25) is 0 Å². The molecule has 0 unspecified atom stereocenters. The van der Waals surface area contributed by atoms with Crippen molar-refractivity contribution >= 4 is 65.7 Å². The largest absolute Gasteiger partial charge is 0.456 e. The Morgan fingerprint density at radius 2 is 0.797 bits per heavy atom. The molecule has 14 aromatic rings. The SMILES string of the molecule is c1ccc(-c2nc(-c3cccc(-c4cccc(-n5c6ccccc6c6cccc(-c7cccc(-c8cccc9c8oc8ccccc89)c7)c65)c4)c3)nc(-c3ccc4c(c3)oc3ccccc34)n2)cc1. The summed E-state index contributed by atoms with van der Waals surface area (Å²) in [5.74, 6) is 1.77. The topological polar surface area (TPSA) is 69.9 Å². The van der Waals surface area contributed by atoms with Crippen molar-refractivity contribution in [3.8, 4) is 73.2 Å². The van der Waals surface area contributed by atoms with Gasteiger partial charge in [-0.25, -0.2) is 15.0 Å². The lowest BCUT2D eigenvalue weighted by molar-refractivity contribution is 0.669. The average Bonchev–Trinajstić information content (AvgIpc) is 4.11. The number of rotatable bonds is 7. The molecule has 0 aliphatic rings. The molecular formula is C63H38N4O2. The first kappa shape index (κ1) is 38.8. The second-order valence-electron chi connectivity index (χ2n) is 17.5. The molecule has 0 aliphatic carbocycles. The van der Waals surface area contributed by atoms with Crippen LogP contribution in [0.3, 0.4) is 0 Å². The maximum Gasteiger partial charge on any atom is 0.164 e. The van der Waals surface area contributed by atoms with Gasteiger partial charge in [0.1, 0.15) is 22.3 Å². The fourth-order valence-electron chi connectivity index (χ4n) is 10.2. The Balaban J connectivity index is 0.883. The Labute approximate surface area is 396 Å². The third kappa shape index (κ3) is 6.45. The van der Waals surface area contributed by atoms with Crippen LogP contribution in [-0.2, 0) is 0 Å². The molecule has 0 bridgehead atoms. The van der Waals surface area contributed by atoms with Gasteiger partial charge < -0.3 is 13.4 Å². The highest BCUT2D eigenvalue weighted by Crippen LogP contribution is 2.42. The minimum Gasteiger partial charge on any atom is -0.456 e. The summed E-state index contributed by atoms with van der Waals surface area (Å²) >= 11 is 0. The zero-order chi connectivity index (χ0) is 45.4. The number of fused-ring (bicyclic) bond motifs is 9. The highest BCUT2D eigenvalue weighted by molar-refractivity contribution is 6.14. The summed E-state index contributed by atoms with van der Waals surface area (Å²) in [5, 5.41) is 6.77. The van der Waals surface area contributed by atoms with E-state index in [4.69, 9.17) is 23.8 Å². The number of benzene rings is 10. The first-order chi connectivity index (χ1) is 34.2. The summed E-state index contributed by atoms with van der Waals surface area (Å²) in [5.41, 5.74) is 16.0. The Morgan fingerprint density at radius 3 is 1.59 bits per heavy atom. The van der Waals surface area contributed by atoms with Crippen LogP contribution in [0.15, 0.2) is 239 Å². The molecule has 0 aliphatic heterocycles. The fourth-order valence-corrected chi connectivity index (χ4v) is 10.2. The third-order valence-corrected chi connectivity index (χ3v) is 13.4. The highest BCUT2D eigenvalue weighted by atomic mass is 16.3. The average molecular weight is 883 g/mol. The molecule has 0 amide bonds. The van der Waals surface area contributed by atoms with Crippen molar-refractivity contribution < 1.29 is 8.83 Å². The van der Waals surface area contributed by atoms with Crippen molar-refractivity contribution in [2.75, 3.05) is 0 Å². The summed E-state index contributed by atoms with van der Waals surface area (Å²) in [6.45, 7) is 0.